The van der Waals surface area contributed by atoms with Crippen LogP contribution >= 0.6 is 11.8 Å². The fourth-order valence-electron chi connectivity index (χ4n) is 2.14. The zero-order chi connectivity index (χ0) is 13.9. The van der Waals surface area contributed by atoms with Gasteiger partial charge in [-0.05, 0) is 12.3 Å². The van der Waals surface area contributed by atoms with Crippen molar-refractivity contribution in [3.8, 4) is 0 Å². The average molecular weight is 274 g/mol. The fourth-order valence-corrected chi connectivity index (χ4v) is 3.62. The van der Waals surface area contributed by atoms with Gasteiger partial charge in [0.25, 0.3) is 0 Å². The van der Waals surface area contributed by atoms with E-state index in [1.54, 1.807) is 0 Å². The monoisotopic (exact) mass is 274 g/mol. The van der Waals surface area contributed by atoms with Crippen LogP contribution in [0.3, 0.4) is 0 Å². The molecule has 0 aromatic rings. The number of carbonyl (C=O) groups is 2. The van der Waals surface area contributed by atoms with E-state index in [1.807, 2.05) is 20.8 Å². The summed E-state index contributed by atoms with van der Waals surface area (Å²) in [5, 5.41) is 9.11. The van der Waals surface area contributed by atoms with Crippen LogP contribution in [0.5, 0.6) is 0 Å². The summed E-state index contributed by atoms with van der Waals surface area (Å²) >= 11 is 1.53. The number of carboxylic acids is 1. The summed E-state index contributed by atoms with van der Waals surface area (Å²) in [5.41, 5.74) is 5.84. The molecule has 0 spiro atoms. The largest absolute Gasteiger partial charge is 0.480 e. The normalized spacial score (nSPS) is 25.5. The zero-order valence-electron chi connectivity index (χ0n) is 11.1. The SMILES string of the molecule is CCCC(N)C(=O)N1C(C(=O)O)CSC1C(C)C. The first-order valence-electron chi connectivity index (χ1n) is 6.32. The molecule has 1 aliphatic rings. The Morgan fingerprint density at radius 3 is 2.56 bits per heavy atom. The molecule has 18 heavy (non-hydrogen) atoms. The van der Waals surface area contributed by atoms with E-state index in [9.17, 15) is 14.7 Å². The van der Waals surface area contributed by atoms with E-state index in [0.29, 0.717) is 12.2 Å². The van der Waals surface area contributed by atoms with Crippen molar-refractivity contribution in [3.05, 3.63) is 0 Å². The lowest BCUT2D eigenvalue weighted by Gasteiger charge is -2.31. The highest BCUT2D eigenvalue weighted by Gasteiger charge is 2.43. The molecule has 1 saturated heterocycles. The van der Waals surface area contributed by atoms with Gasteiger partial charge in [0.1, 0.15) is 6.04 Å². The molecule has 3 atom stereocenters. The molecular formula is C12H22N2O3S. The Morgan fingerprint density at radius 2 is 2.11 bits per heavy atom. The van der Waals surface area contributed by atoms with Crippen LogP contribution in [-0.4, -0.2) is 45.1 Å². The Kier molecular flexibility index (Phi) is 5.47. The predicted molar refractivity (Wildman–Crippen MR) is 72.2 cm³/mol. The van der Waals surface area contributed by atoms with Crippen LogP contribution in [-0.2, 0) is 9.59 Å². The zero-order valence-corrected chi connectivity index (χ0v) is 11.9. The highest BCUT2D eigenvalue weighted by molar-refractivity contribution is 8.00. The summed E-state index contributed by atoms with van der Waals surface area (Å²) in [6.45, 7) is 5.95. The molecule has 1 fully saturated rings. The molecule has 0 saturated carbocycles. The molecule has 3 N–H and O–H groups in total. The topological polar surface area (TPSA) is 83.6 Å². The quantitative estimate of drug-likeness (QED) is 0.785. The highest BCUT2D eigenvalue weighted by Crippen LogP contribution is 2.34. The molecule has 0 aromatic carbocycles. The van der Waals surface area contributed by atoms with E-state index in [1.165, 1.54) is 16.7 Å². The Labute approximate surface area is 112 Å². The molecule has 1 rings (SSSR count). The molecule has 0 radical (unpaired) electrons. The number of hydrogen-bond donors (Lipinski definition) is 2. The summed E-state index contributed by atoms with van der Waals surface area (Å²) < 4.78 is 0. The van der Waals surface area contributed by atoms with Gasteiger partial charge in [-0.2, -0.15) is 0 Å². The van der Waals surface area contributed by atoms with Crippen LogP contribution in [0.4, 0.5) is 0 Å². The molecule has 3 unspecified atom stereocenters. The van der Waals surface area contributed by atoms with Crippen molar-refractivity contribution < 1.29 is 14.7 Å². The van der Waals surface area contributed by atoms with Crippen LogP contribution in [0.2, 0.25) is 0 Å². The molecule has 0 aromatic heterocycles. The average Bonchev–Trinajstić information content (AvgIpc) is 2.72. The molecule has 104 valence electrons. The van der Waals surface area contributed by atoms with E-state index in [0.717, 1.165) is 6.42 Å². The van der Waals surface area contributed by atoms with Crippen LogP contribution in [0.15, 0.2) is 0 Å². The summed E-state index contributed by atoms with van der Waals surface area (Å²) in [6, 6.07) is -1.32. The van der Waals surface area contributed by atoms with Crippen LogP contribution in [0, 0.1) is 5.92 Å². The summed E-state index contributed by atoms with van der Waals surface area (Å²) in [7, 11) is 0. The first kappa shape index (κ1) is 15.3. The molecule has 6 heteroatoms. The second-order valence-electron chi connectivity index (χ2n) is 4.96. The number of thioether (sulfide) groups is 1. The molecule has 1 aliphatic heterocycles. The van der Waals surface area contributed by atoms with E-state index in [2.05, 4.69) is 0 Å². The Bertz CT molecular complexity index is 322. The smallest absolute Gasteiger partial charge is 0.327 e. The molecule has 0 bridgehead atoms. The molecule has 1 heterocycles. The third-order valence-electron chi connectivity index (χ3n) is 3.06. The lowest BCUT2D eigenvalue weighted by atomic mass is 10.1. The van der Waals surface area contributed by atoms with Crippen molar-refractivity contribution in [2.24, 2.45) is 11.7 Å². The number of amides is 1. The summed E-state index contributed by atoms with van der Waals surface area (Å²) in [6.07, 6.45) is 1.41. The van der Waals surface area contributed by atoms with E-state index in [-0.39, 0.29) is 17.2 Å². The number of nitrogens with zero attached hydrogens (tertiary/aromatic N) is 1. The van der Waals surface area contributed by atoms with Crippen molar-refractivity contribution in [3.63, 3.8) is 0 Å². The van der Waals surface area contributed by atoms with Crippen molar-refractivity contribution >= 4 is 23.6 Å². The van der Waals surface area contributed by atoms with Gasteiger partial charge in [0, 0.05) is 5.75 Å². The van der Waals surface area contributed by atoms with Gasteiger partial charge in [-0.25, -0.2) is 4.79 Å². The van der Waals surface area contributed by atoms with Crippen molar-refractivity contribution in [2.45, 2.75) is 51.1 Å². The minimum absolute atomic E-state index is 0.0819. The van der Waals surface area contributed by atoms with Gasteiger partial charge in [-0.3, -0.25) is 4.79 Å². The maximum Gasteiger partial charge on any atom is 0.327 e. The first-order valence-corrected chi connectivity index (χ1v) is 7.37. The van der Waals surface area contributed by atoms with Crippen molar-refractivity contribution in [2.75, 3.05) is 5.75 Å². The minimum atomic E-state index is -0.942. The fraction of sp³-hybridized carbons (Fsp3) is 0.833. The predicted octanol–water partition coefficient (Wildman–Crippen LogP) is 1.12. The Morgan fingerprint density at radius 1 is 1.50 bits per heavy atom. The van der Waals surface area contributed by atoms with E-state index in [4.69, 9.17) is 5.73 Å². The maximum absolute atomic E-state index is 12.3. The van der Waals surface area contributed by atoms with Crippen LogP contribution in [0.25, 0.3) is 0 Å². The highest BCUT2D eigenvalue weighted by atomic mass is 32.2. The maximum atomic E-state index is 12.3. The van der Waals surface area contributed by atoms with Gasteiger partial charge >= 0.3 is 5.97 Å². The van der Waals surface area contributed by atoms with Gasteiger partial charge < -0.3 is 15.7 Å². The second kappa shape index (κ2) is 6.43. The summed E-state index contributed by atoms with van der Waals surface area (Å²) in [4.78, 5) is 25.0. The van der Waals surface area contributed by atoms with Crippen LogP contribution in [0.1, 0.15) is 33.6 Å². The van der Waals surface area contributed by atoms with Gasteiger partial charge in [-0.15, -0.1) is 11.8 Å². The Hall–Kier alpha value is -0.750. The van der Waals surface area contributed by atoms with E-state index < -0.39 is 18.1 Å². The third kappa shape index (κ3) is 3.17. The molecule has 0 aliphatic carbocycles. The number of hydrogen-bond acceptors (Lipinski definition) is 4. The third-order valence-corrected chi connectivity index (χ3v) is 4.68. The lowest BCUT2D eigenvalue weighted by molar-refractivity contribution is -0.150. The number of aliphatic carboxylic acids is 1. The van der Waals surface area contributed by atoms with Gasteiger partial charge in [0.2, 0.25) is 5.91 Å². The lowest BCUT2D eigenvalue weighted by Crippen LogP contribution is -2.53. The number of rotatable bonds is 5. The summed E-state index contributed by atoms with van der Waals surface area (Å²) in [5.74, 6) is -0.504. The minimum Gasteiger partial charge on any atom is -0.480 e. The van der Waals surface area contributed by atoms with Crippen LogP contribution < -0.4 is 5.73 Å². The van der Waals surface area contributed by atoms with Crippen molar-refractivity contribution in [1.82, 2.24) is 4.90 Å². The second-order valence-corrected chi connectivity index (χ2v) is 6.11. The van der Waals surface area contributed by atoms with Gasteiger partial charge in [0.15, 0.2) is 0 Å². The number of nitrogens with two attached hydrogens (primary N) is 1. The number of carboxylic acid groups (broad SMARTS) is 1. The molecular weight excluding hydrogens is 252 g/mol. The van der Waals surface area contributed by atoms with Gasteiger partial charge in [0.05, 0.1) is 11.4 Å². The molecule has 1 amide bonds. The van der Waals surface area contributed by atoms with Crippen molar-refractivity contribution in [1.29, 1.82) is 0 Å². The van der Waals surface area contributed by atoms with Gasteiger partial charge in [-0.1, -0.05) is 27.2 Å². The first-order chi connectivity index (χ1) is 8.40. The van der Waals surface area contributed by atoms with E-state index >= 15 is 0 Å². The molecule has 5 nitrogen and oxygen atoms in total. The Balaban J connectivity index is 2.89. The number of carbonyl (C=O) groups excluding carboxylic acids is 1. The standard InChI is InChI=1S/C12H22N2O3S/c1-4-5-8(13)10(15)14-9(12(16)17)6-18-11(14)7(2)3/h7-9,11H,4-6,13H2,1-3H3,(H,16,17).